The third-order valence-corrected chi connectivity index (χ3v) is 5.68. The van der Waals surface area contributed by atoms with E-state index in [4.69, 9.17) is 4.74 Å². The summed E-state index contributed by atoms with van der Waals surface area (Å²) < 4.78 is 6.39. The molecule has 0 aromatic heterocycles. The summed E-state index contributed by atoms with van der Waals surface area (Å²) in [5.41, 5.74) is 0. The Kier molecular flexibility index (Phi) is 15.9. The van der Waals surface area contributed by atoms with Crippen molar-refractivity contribution >= 4 is 5.97 Å². The molecule has 1 saturated heterocycles. The highest BCUT2D eigenvalue weighted by Gasteiger charge is 2.31. The number of hydrogen-bond donors (Lipinski definition) is 0. The average Bonchev–Trinajstić information content (AvgIpc) is 3.10. The van der Waals surface area contributed by atoms with E-state index in [-0.39, 0.29) is 12.0 Å². The van der Waals surface area contributed by atoms with Crippen molar-refractivity contribution in [1.82, 2.24) is 0 Å². The Labute approximate surface area is 173 Å². The lowest BCUT2D eigenvalue weighted by atomic mass is 10.1. The van der Waals surface area contributed by atoms with Gasteiger partial charge in [-0.05, 0) is 32.1 Å². The van der Waals surface area contributed by atoms with Crippen LogP contribution in [-0.4, -0.2) is 29.9 Å². The molecule has 28 heavy (non-hydrogen) atoms. The smallest absolute Gasteiger partial charge is 0.305 e. The molecule has 0 aromatic rings. The zero-order valence-corrected chi connectivity index (χ0v) is 18.3. The van der Waals surface area contributed by atoms with E-state index >= 15 is 0 Å². The highest BCUT2D eigenvalue weighted by atomic mass is 16.5. The quantitative estimate of drug-likeness (QED) is 0.110. The van der Waals surface area contributed by atoms with E-state index in [1.54, 1.807) is 0 Å². The van der Waals surface area contributed by atoms with Gasteiger partial charge in [-0.3, -0.25) is 4.79 Å². The second kappa shape index (κ2) is 17.9. The first-order chi connectivity index (χ1) is 13.7. The Balaban J connectivity index is 1.79. The predicted molar refractivity (Wildman–Crippen MR) is 117 cm³/mol. The van der Waals surface area contributed by atoms with Crippen molar-refractivity contribution in [3.63, 3.8) is 0 Å². The van der Waals surface area contributed by atoms with Crippen LogP contribution in [0.3, 0.4) is 0 Å². The van der Waals surface area contributed by atoms with Gasteiger partial charge in [0.15, 0.2) is 6.54 Å². The number of allylic oxidation sites excluding steroid dienone is 2. The van der Waals surface area contributed by atoms with Gasteiger partial charge >= 0.3 is 5.97 Å². The molecule has 0 radical (unpaired) electrons. The summed E-state index contributed by atoms with van der Waals surface area (Å²) in [6.45, 7) is 3.29. The van der Waals surface area contributed by atoms with Gasteiger partial charge in [-0.25, -0.2) is 0 Å². The predicted octanol–water partition coefficient (Wildman–Crippen LogP) is 6.90. The van der Waals surface area contributed by atoms with Crippen LogP contribution in [0.2, 0.25) is 0 Å². The molecule has 0 saturated carbocycles. The summed E-state index contributed by atoms with van der Waals surface area (Å²) in [6.07, 6.45) is 24.2. The van der Waals surface area contributed by atoms with Crippen molar-refractivity contribution in [3.8, 4) is 0 Å². The fourth-order valence-corrected chi connectivity index (χ4v) is 3.82. The summed E-state index contributed by atoms with van der Waals surface area (Å²) in [6, 6.07) is 0.0626. The van der Waals surface area contributed by atoms with E-state index in [0.717, 1.165) is 30.4 Å². The molecule has 0 bridgehead atoms. The average molecular weight is 395 g/mol. The Morgan fingerprint density at radius 2 is 1.54 bits per heavy atom. The monoisotopic (exact) mass is 394 g/mol. The molecule has 0 spiro atoms. The standard InChI is InChI=1S/C24H44NO3/c1-2-3-4-5-6-7-8-9-10-11-12-13-14-15-16-19-24(26)28-22-20-23-18-17-21-25(23)27/h9-10,23H,2-8,11-22H2,1H3/q+1. The fraction of sp³-hybridized carbons (Fsp3) is 0.875. The minimum Gasteiger partial charge on any atom is -0.465 e. The van der Waals surface area contributed by atoms with Crippen LogP contribution >= 0.6 is 0 Å². The van der Waals surface area contributed by atoms with Crippen LogP contribution in [0.15, 0.2) is 12.2 Å². The minimum absolute atomic E-state index is 0.0626. The fourth-order valence-electron chi connectivity index (χ4n) is 3.82. The van der Waals surface area contributed by atoms with Crippen molar-refractivity contribution in [2.75, 3.05) is 13.2 Å². The minimum atomic E-state index is -0.104. The number of carbonyl (C=O) groups excluding carboxylic acids is 1. The Bertz CT molecular complexity index is 434. The molecule has 0 amide bonds. The van der Waals surface area contributed by atoms with E-state index in [2.05, 4.69) is 19.1 Å². The van der Waals surface area contributed by atoms with Gasteiger partial charge in [-0.1, -0.05) is 70.4 Å². The van der Waals surface area contributed by atoms with Crippen molar-refractivity contribution in [1.29, 1.82) is 0 Å². The molecule has 162 valence electrons. The lowest BCUT2D eigenvalue weighted by Crippen LogP contribution is -2.19. The highest BCUT2D eigenvalue weighted by molar-refractivity contribution is 5.69. The molecule has 1 aliphatic rings. The van der Waals surface area contributed by atoms with Crippen molar-refractivity contribution in [2.24, 2.45) is 0 Å². The molecule has 1 rings (SSSR count). The molecular weight excluding hydrogens is 350 g/mol. The molecule has 1 aliphatic heterocycles. The van der Waals surface area contributed by atoms with E-state index in [1.165, 1.54) is 70.6 Å². The third kappa shape index (κ3) is 13.9. The number of hydrogen-bond acceptors (Lipinski definition) is 3. The van der Waals surface area contributed by atoms with Crippen LogP contribution in [0, 0.1) is 4.91 Å². The second-order valence-electron chi connectivity index (χ2n) is 8.28. The lowest BCUT2D eigenvalue weighted by Gasteiger charge is -2.05. The van der Waals surface area contributed by atoms with Gasteiger partial charge in [0.05, 0.1) is 6.61 Å². The molecule has 0 aliphatic carbocycles. The molecule has 4 heteroatoms. The number of rotatable bonds is 18. The molecule has 0 aromatic carbocycles. The topological polar surface area (TPSA) is 46.4 Å². The van der Waals surface area contributed by atoms with Gasteiger partial charge in [0.2, 0.25) is 6.04 Å². The first kappa shape index (κ1) is 24.8. The number of ether oxygens (including phenoxy) is 1. The van der Waals surface area contributed by atoms with Crippen LogP contribution in [0.25, 0.3) is 0 Å². The van der Waals surface area contributed by atoms with Crippen LogP contribution in [0.5, 0.6) is 0 Å². The van der Waals surface area contributed by atoms with Gasteiger partial charge in [-0.2, -0.15) is 0 Å². The Morgan fingerprint density at radius 1 is 0.929 bits per heavy atom. The van der Waals surface area contributed by atoms with E-state index < -0.39 is 0 Å². The van der Waals surface area contributed by atoms with Crippen molar-refractivity contribution in [2.45, 2.75) is 122 Å². The van der Waals surface area contributed by atoms with Crippen molar-refractivity contribution < 1.29 is 14.3 Å². The van der Waals surface area contributed by atoms with Gasteiger partial charge in [-0.15, -0.1) is 0 Å². The maximum Gasteiger partial charge on any atom is 0.305 e. The van der Waals surface area contributed by atoms with Gasteiger partial charge < -0.3 is 4.74 Å². The molecule has 1 atom stereocenters. The van der Waals surface area contributed by atoms with Crippen LogP contribution in [0.4, 0.5) is 0 Å². The number of unbranched alkanes of at least 4 members (excludes halogenated alkanes) is 11. The molecule has 1 fully saturated rings. The third-order valence-electron chi connectivity index (χ3n) is 5.68. The lowest BCUT2D eigenvalue weighted by molar-refractivity contribution is -0.565. The Hall–Kier alpha value is -1.19. The zero-order chi connectivity index (χ0) is 20.3. The number of carbonyl (C=O) groups is 1. The molecule has 1 unspecified atom stereocenters. The first-order valence-corrected chi connectivity index (χ1v) is 12.0. The zero-order valence-electron chi connectivity index (χ0n) is 18.3. The molecule has 1 heterocycles. The van der Waals surface area contributed by atoms with E-state index in [9.17, 15) is 9.70 Å². The highest BCUT2D eigenvalue weighted by Crippen LogP contribution is 2.15. The van der Waals surface area contributed by atoms with Gasteiger partial charge in [0.1, 0.15) is 0 Å². The van der Waals surface area contributed by atoms with Crippen LogP contribution in [0.1, 0.15) is 116 Å². The molecule has 4 nitrogen and oxygen atoms in total. The van der Waals surface area contributed by atoms with Crippen LogP contribution < -0.4 is 0 Å². The first-order valence-electron chi connectivity index (χ1n) is 12.0. The summed E-state index contributed by atoms with van der Waals surface area (Å²) >= 11 is 0. The van der Waals surface area contributed by atoms with E-state index in [0.29, 0.717) is 26.0 Å². The number of esters is 1. The largest absolute Gasteiger partial charge is 0.465 e. The SMILES string of the molecule is CCCCCCCCC=CCCCCCCCC(=O)OCCC1CCC[N+]1=O. The van der Waals surface area contributed by atoms with Gasteiger partial charge in [0.25, 0.3) is 0 Å². The Morgan fingerprint density at radius 3 is 2.14 bits per heavy atom. The summed E-state index contributed by atoms with van der Waals surface area (Å²) in [4.78, 5) is 23.2. The number of nitrogens with zero attached hydrogens (tertiary/aromatic N) is 1. The van der Waals surface area contributed by atoms with Gasteiger partial charge in [0, 0.05) is 35.4 Å². The van der Waals surface area contributed by atoms with Crippen molar-refractivity contribution in [3.05, 3.63) is 17.1 Å². The maximum atomic E-state index is 11.7. The normalized spacial score (nSPS) is 16.9. The maximum absolute atomic E-state index is 11.7. The van der Waals surface area contributed by atoms with E-state index in [1.807, 2.05) is 0 Å². The number of nitroso groups, excluding NO2 is 1. The second-order valence-corrected chi connectivity index (χ2v) is 8.28. The van der Waals surface area contributed by atoms with Crippen LogP contribution in [-0.2, 0) is 9.53 Å². The molecular formula is C24H44NO3+. The summed E-state index contributed by atoms with van der Waals surface area (Å²) in [5.74, 6) is -0.104. The molecule has 0 N–H and O–H groups in total. The summed E-state index contributed by atoms with van der Waals surface area (Å²) in [7, 11) is 0. The summed E-state index contributed by atoms with van der Waals surface area (Å²) in [5, 5.41) is 0.